The van der Waals surface area contributed by atoms with Crippen molar-refractivity contribution < 1.29 is 22.3 Å². The summed E-state index contributed by atoms with van der Waals surface area (Å²) in [6, 6.07) is 5.41. The second kappa shape index (κ2) is 7.71. The molecule has 0 bridgehead atoms. The van der Waals surface area contributed by atoms with Crippen LogP contribution in [0.15, 0.2) is 24.3 Å². The lowest BCUT2D eigenvalue weighted by molar-refractivity contribution is -0.242. The molecule has 1 unspecified atom stereocenters. The maximum Gasteiger partial charge on any atom is 0.411 e. The molecule has 1 fully saturated rings. The summed E-state index contributed by atoms with van der Waals surface area (Å²) >= 11 is 0. The van der Waals surface area contributed by atoms with E-state index in [1.54, 1.807) is 18.2 Å². The highest BCUT2D eigenvalue weighted by molar-refractivity contribution is 5.59. The van der Waals surface area contributed by atoms with Gasteiger partial charge in [0, 0.05) is 12.0 Å². The van der Waals surface area contributed by atoms with E-state index in [4.69, 9.17) is 0 Å². The number of halogens is 4. The number of ether oxygens (including phenoxy) is 1. The van der Waals surface area contributed by atoms with Crippen molar-refractivity contribution in [3.63, 3.8) is 0 Å². The third-order valence-corrected chi connectivity index (χ3v) is 5.64. The Morgan fingerprint density at radius 3 is 2.54 bits per heavy atom. The average molecular weight is 370 g/mol. The summed E-state index contributed by atoms with van der Waals surface area (Å²) in [4.78, 5) is 0. The second-order valence-corrected chi connectivity index (χ2v) is 7.59. The van der Waals surface area contributed by atoms with Crippen LogP contribution in [0.3, 0.4) is 0 Å². The van der Waals surface area contributed by atoms with Crippen LogP contribution in [0.2, 0.25) is 0 Å². The number of rotatable bonds is 5. The number of fused-ring (bicyclic) bond motifs is 1. The molecule has 2 aliphatic carbocycles. The molecule has 1 aromatic carbocycles. The second-order valence-electron chi connectivity index (χ2n) is 7.59. The topological polar surface area (TPSA) is 9.23 Å². The van der Waals surface area contributed by atoms with E-state index in [1.165, 1.54) is 25.7 Å². The molecular weight excluding hydrogens is 344 g/mol. The fourth-order valence-corrected chi connectivity index (χ4v) is 4.29. The zero-order valence-corrected chi connectivity index (χ0v) is 15.1. The lowest BCUT2D eigenvalue weighted by atomic mass is 9.76. The van der Waals surface area contributed by atoms with Crippen LogP contribution in [0.4, 0.5) is 17.6 Å². The molecule has 0 aromatic heterocycles. The molecule has 3 rings (SSSR count). The number of benzene rings is 1. The summed E-state index contributed by atoms with van der Waals surface area (Å²) in [7, 11) is 0. The quantitative estimate of drug-likeness (QED) is 0.513. The normalized spacial score (nSPS) is 28.8. The van der Waals surface area contributed by atoms with Gasteiger partial charge < -0.3 is 4.74 Å². The molecule has 1 atom stereocenters. The fraction of sp³-hybridized carbons (Fsp3) is 0.619. The first-order valence-electron chi connectivity index (χ1n) is 9.51. The molecule has 1 nitrogen and oxygen atoms in total. The molecule has 26 heavy (non-hydrogen) atoms. The summed E-state index contributed by atoms with van der Waals surface area (Å²) in [5.74, 6) is -1.14. The summed E-state index contributed by atoms with van der Waals surface area (Å²) < 4.78 is 57.0. The van der Waals surface area contributed by atoms with Gasteiger partial charge in [0.1, 0.15) is 6.61 Å². The van der Waals surface area contributed by atoms with Gasteiger partial charge in [0.2, 0.25) is 5.85 Å². The molecule has 1 aromatic rings. The predicted octanol–water partition coefficient (Wildman–Crippen LogP) is 6.88. The first-order valence-corrected chi connectivity index (χ1v) is 9.51. The third kappa shape index (κ3) is 4.48. The van der Waals surface area contributed by atoms with Crippen molar-refractivity contribution in [2.75, 3.05) is 6.61 Å². The van der Waals surface area contributed by atoms with E-state index in [0.717, 1.165) is 24.3 Å². The van der Waals surface area contributed by atoms with Crippen LogP contribution in [0.25, 0.3) is 6.08 Å². The van der Waals surface area contributed by atoms with Crippen LogP contribution in [0.1, 0.15) is 74.5 Å². The highest BCUT2D eigenvalue weighted by atomic mass is 19.4. The van der Waals surface area contributed by atoms with E-state index in [-0.39, 0.29) is 12.0 Å². The number of alkyl halides is 4. The van der Waals surface area contributed by atoms with E-state index in [0.29, 0.717) is 11.5 Å². The summed E-state index contributed by atoms with van der Waals surface area (Å²) in [6.07, 6.45) is 5.78. The molecule has 2 aliphatic rings. The van der Waals surface area contributed by atoms with Gasteiger partial charge in [-0.05, 0) is 48.6 Å². The van der Waals surface area contributed by atoms with Crippen LogP contribution in [0, 0.1) is 5.92 Å². The van der Waals surface area contributed by atoms with Gasteiger partial charge in [-0.25, -0.2) is 4.39 Å². The Morgan fingerprint density at radius 2 is 1.88 bits per heavy atom. The predicted molar refractivity (Wildman–Crippen MR) is 94.5 cm³/mol. The third-order valence-electron chi connectivity index (χ3n) is 5.64. The molecule has 1 saturated carbocycles. The standard InChI is InChI=1S/C21H26F4O/c1-2-4-15-6-8-16(9-7-15)17-10-11-19-18(13-17)5-3-12-20(19,22)26-14-21(23,24)25/h3,5,10-11,13,15-16H,2,4,6-9,12,14H2,1H3. The number of hydrogen-bond acceptors (Lipinski definition) is 1. The Kier molecular flexibility index (Phi) is 5.75. The van der Waals surface area contributed by atoms with Gasteiger partial charge in [-0.15, -0.1) is 0 Å². The van der Waals surface area contributed by atoms with Crippen LogP contribution >= 0.6 is 0 Å². The van der Waals surface area contributed by atoms with E-state index in [1.807, 2.05) is 12.1 Å². The zero-order chi connectivity index (χ0) is 18.8. The minimum atomic E-state index is -4.54. The minimum absolute atomic E-state index is 0.197. The average Bonchev–Trinajstić information content (AvgIpc) is 2.60. The van der Waals surface area contributed by atoms with Crippen molar-refractivity contribution in [1.29, 1.82) is 0 Å². The Balaban J connectivity index is 1.73. The molecule has 144 valence electrons. The maximum absolute atomic E-state index is 15.0. The highest BCUT2D eigenvalue weighted by Crippen LogP contribution is 2.43. The Hall–Kier alpha value is -1.36. The molecule has 5 heteroatoms. The van der Waals surface area contributed by atoms with Crippen LogP contribution in [-0.2, 0) is 10.6 Å². The summed E-state index contributed by atoms with van der Waals surface area (Å²) in [5, 5.41) is 0. The smallest absolute Gasteiger partial charge is 0.332 e. The van der Waals surface area contributed by atoms with Crippen LogP contribution < -0.4 is 0 Å². The van der Waals surface area contributed by atoms with Crippen LogP contribution in [-0.4, -0.2) is 12.8 Å². The van der Waals surface area contributed by atoms with E-state index < -0.39 is 18.6 Å². The first-order chi connectivity index (χ1) is 12.3. The fourth-order valence-electron chi connectivity index (χ4n) is 4.29. The van der Waals surface area contributed by atoms with Crippen molar-refractivity contribution in [3.8, 4) is 0 Å². The molecule has 0 spiro atoms. The van der Waals surface area contributed by atoms with Crippen molar-refractivity contribution in [2.24, 2.45) is 5.92 Å². The molecule has 0 heterocycles. The SMILES string of the molecule is CCCC1CCC(c2ccc3c(c2)C=CCC3(F)OCC(F)(F)F)CC1. The lowest BCUT2D eigenvalue weighted by Crippen LogP contribution is -2.31. The molecule has 0 aliphatic heterocycles. The Morgan fingerprint density at radius 1 is 1.15 bits per heavy atom. The largest absolute Gasteiger partial charge is 0.411 e. The minimum Gasteiger partial charge on any atom is -0.332 e. The van der Waals surface area contributed by atoms with Crippen LogP contribution in [0.5, 0.6) is 0 Å². The lowest BCUT2D eigenvalue weighted by Gasteiger charge is -2.32. The van der Waals surface area contributed by atoms with Gasteiger partial charge >= 0.3 is 6.18 Å². The van der Waals surface area contributed by atoms with Gasteiger partial charge in [0.25, 0.3) is 0 Å². The van der Waals surface area contributed by atoms with Crippen molar-refractivity contribution in [1.82, 2.24) is 0 Å². The maximum atomic E-state index is 15.0. The Bertz CT molecular complexity index is 644. The zero-order valence-electron chi connectivity index (χ0n) is 15.1. The van der Waals surface area contributed by atoms with Gasteiger partial charge in [0.15, 0.2) is 0 Å². The van der Waals surface area contributed by atoms with Crippen molar-refractivity contribution >= 4 is 6.08 Å². The summed E-state index contributed by atoms with van der Waals surface area (Å²) in [6.45, 7) is 0.631. The highest BCUT2D eigenvalue weighted by Gasteiger charge is 2.40. The van der Waals surface area contributed by atoms with E-state index in [9.17, 15) is 13.2 Å². The molecular formula is C21H26F4O. The molecule has 0 saturated heterocycles. The van der Waals surface area contributed by atoms with E-state index in [2.05, 4.69) is 11.7 Å². The van der Waals surface area contributed by atoms with Gasteiger partial charge in [0.05, 0.1) is 0 Å². The molecule has 0 radical (unpaired) electrons. The molecule has 0 N–H and O–H groups in total. The van der Waals surface area contributed by atoms with Gasteiger partial charge in [-0.2, -0.15) is 13.2 Å². The molecule has 0 amide bonds. The monoisotopic (exact) mass is 370 g/mol. The first kappa shape index (κ1) is 19.4. The van der Waals surface area contributed by atoms with Crippen molar-refractivity contribution in [2.45, 2.75) is 69.8 Å². The number of hydrogen-bond donors (Lipinski definition) is 0. The Labute approximate surface area is 152 Å². The summed E-state index contributed by atoms with van der Waals surface area (Å²) in [5.41, 5.74) is 1.99. The van der Waals surface area contributed by atoms with Crippen molar-refractivity contribution in [3.05, 3.63) is 41.0 Å². The van der Waals surface area contributed by atoms with E-state index >= 15 is 4.39 Å². The van der Waals surface area contributed by atoms with Gasteiger partial charge in [-0.3, -0.25) is 0 Å². The van der Waals surface area contributed by atoms with Gasteiger partial charge in [-0.1, -0.05) is 50.1 Å².